The minimum atomic E-state index is -0.449. The standard InChI is InChI=1S/C21H26N2O2/c1-16(17-8-4-2-5-9-17)22-21(25)23-14-12-19(13-15-23)20(24)18-10-6-3-7-11-18/h2-11,16,19-20,24H,12-15H2,1H3,(H,22,25). The maximum Gasteiger partial charge on any atom is 0.317 e. The van der Waals surface area contributed by atoms with Gasteiger partial charge in [-0.3, -0.25) is 0 Å². The van der Waals surface area contributed by atoms with Gasteiger partial charge >= 0.3 is 6.03 Å². The molecule has 0 spiro atoms. The van der Waals surface area contributed by atoms with Gasteiger partial charge in [-0.1, -0.05) is 60.7 Å². The van der Waals surface area contributed by atoms with Crippen LogP contribution in [0.15, 0.2) is 60.7 Å². The maximum absolute atomic E-state index is 12.5. The number of amides is 2. The monoisotopic (exact) mass is 338 g/mol. The summed E-state index contributed by atoms with van der Waals surface area (Å²) in [6.45, 7) is 3.36. The van der Waals surface area contributed by atoms with E-state index in [0.29, 0.717) is 13.1 Å². The lowest BCUT2D eigenvalue weighted by atomic mass is 9.87. The topological polar surface area (TPSA) is 52.6 Å². The van der Waals surface area contributed by atoms with E-state index in [1.807, 2.05) is 72.5 Å². The molecule has 2 aromatic rings. The molecule has 0 aromatic heterocycles. The second-order valence-corrected chi connectivity index (χ2v) is 6.76. The van der Waals surface area contributed by atoms with E-state index in [2.05, 4.69) is 5.32 Å². The molecule has 1 saturated heterocycles. The zero-order valence-electron chi connectivity index (χ0n) is 14.6. The van der Waals surface area contributed by atoms with Gasteiger partial charge in [0.05, 0.1) is 12.1 Å². The molecule has 132 valence electrons. The lowest BCUT2D eigenvalue weighted by Crippen LogP contribution is -2.45. The van der Waals surface area contributed by atoms with Crippen LogP contribution in [0.4, 0.5) is 4.79 Å². The fourth-order valence-electron chi connectivity index (χ4n) is 3.44. The maximum atomic E-state index is 12.5. The molecule has 4 heteroatoms. The van der Waals surface area contributed by atoms with Crippen molar-refractivity contribution in [2.75, 3.05) is 13.1 Å². The number of carbonyl (C=O) groups is 1. The molecule has 0 aliphatic carbocycles. The van der Waals surface area contributed by atoms with Gasteiger partial charge in [0.25, 0.3) is 0 Å². The lowest BCUT2D eigenvalue weighted by Gasteiger charge is -2.35. The third-order valence-electron chi connectivity index (χ3n) is 5.05. The molecule has 0 saturated carbocycles. The van der Waals surface area contributed by atoms with Crippen molar-refractivity contribution in [3.63, 3.8) is 0 Å². The van der Waals surface area contributed by atoms with Crippen molar-refractivity contribution in [2.45, 2.75) is 31.9 Å². The summed E-state index contributed by atoms with van der Waals surface area (Å²) < 4.78 is 0. The second-order valence-electron chi connectivity index (χ2n) is 6.76. The quantitative estimate of drug-likeness (QED) is 0.888. The molecule has 1 aliphatic rings. The fourth-order valence-corrected chi connectivity index (χ4v) is 3.44. The number of hydrogen-bond acceptors (Lipinski definition) is 2. The highest BCUT2D eigenvalue weighted by Gasteiger charge is 2.28. The second kappa shape index (κ2) is 8.17. The van der Waals surface area contributed by atoms with Crippen molar-refractivity contribution in [3.8, 4) is 0 Å². The van der Waals surface area contributed by atoms with Crippen LogP contribution in [-0.4, -0.2) is 29.1 Å². The average Bonchev–Trinajstić information content (AvgIpc) is 2.69. The van der Waals surface area contributed by atoms with Crippen molar-refractivity contribution in [3.05, 3.63) is 71.8 Å². The van der Waals surface area contributed by atoms with Crippen LogP contribution in [0.5, 0.6) is 0 Å². The molecule has 1 aliphatic heterocycles. The molecule has 4 nitrogen and oxygen atoms in total. The first-order chi connectivity index (χ1) is 12.1. The number of aliphatic hydroxyl groups is 1. The minimum Gasteiger partial charge on any atom is -0.388 e. The lowest BCUT2D eigenvalue weighted by molar-refractivity contribution is 0.0662. The Morgan fingerprint density at radius 1 is 1.00 bits per heavy atom. The van der Waals surface area contributed by atoms with Crippen LogP contribution in [0, 0.1) is 5.92 Å². The summed E-state index contributed by atoms with van der Waals surface area (Å²) in [5.41, 5.74) is 2.06. The fraction of sp³-hybridized carbons (Fsp3) is 0.381. The molecule has 0 bridgehead atoms. The Morgan fingerprint density at radius 3 is 2.08 bits per heavy atom. The first-order valence-electron chi connectivity index (χ1n) is 8.98. The Kier molecular flexibility index (Phi) is 5.71. The zero-order chi connectivity index (χ0) is 17.6. The highest BCUT2D eigenvalue weighted by Crippen LogP contribution is 2.30. The molecule has 2 N–H and O–H groups in total. The van der Waals surface area contributed by atoms with Crippen LogP contribution in [0.3, 0.4) is 0 Å². The molecular formula is C21H26N2O2. The van der Waals surface area contributed by atoms with Gasteiger partial charge < -0.3 is 15.3 Å². The predicted octanol–water partition coefficient (Wildman–Crippen LogP) is 3.90. The van der Waals surface area contributed by atoms with Crippen LogP contribution in [0.1, 0.15) is 43.0 Å². The number of nitrogens with zero attached hydrogens (tertiary/aromatic N) is 1. The SMILES string of the molecule is CC(NC(=O)N1CCC(C(O)c2ccccc2)CC1)c1ccccc1. The van der Waals surface area contributed by atoms with Gasteiger partial charge in [0, 0.05) is 13.1 Å². The van der Waals surface area contributed by atoms with Gasteiger partial charge in [-0.15, -0.1) is 0 Å². The number of carbonyl (C=O) groups excluding carboxylic acids is 1. The highest BCUT2D eigenvalue weighted by molar-refractivity contribution is 5.74. The summed E-state index contributed by atoms with van der Waals surface area (Å²) >= 11 is 0. The number of nitrogens with one attached hydrogen (secondary N) is 1. The van der Waals surface area contributed by atoms with Gasteiger partial charge in [0.1, 0.15) is 0 Å². The summed E-state index contributed by atoms with van der Waals surface area (Å²) in [5, 5.41) is 13.6. The van der Waals surface area contributed by atoms with E-state index in [-0.39, 0.29) is 18.0 Å². The first kappa shape index (κ1) is 17.5. The van der Waals surface area contributed by atoms with E-state index in [1.54, 1.807) is 0 Å². The average molecular weight is 338 g/mol. The Labute approximate surface area is 149 Å². The molecule has 0 radical (unpaired) electrons. The summed E-state index contributed by atoms with van der Waals surface area (Å²) in [6, 6.07) is 19.7. The molecule has 25 heavy (non-hydrogen) atoms. The Balaban J connectivity index is 1.51. The number of benzene rings is 2. The van der Waals surface area contributed by atoms with E-state index in [0.717, 1.165) is 24.0 Å². The summed E-state index contributed by atoms with van der Waals surface area (Å²) in [6.07, 6.45) is 1.20. The number of aliphatic hydroxyl groups excluding tert-OH is 1. The van der Waals surface area contributed by atoms with Gasteiger partial charge in [-0.25, -0.2) is 4.79 Å². The summed E-state index contributed by atoms with van der Waals surface area (Å²) in [5.74, 6) is 0.206. The van der Waals surface area contributed by atoms with Crippen LogP contribution < -0.4 is 5.32 Å². The van der Waals surface area contributed by atoms with E-state index >= 15 is 0 Å². The first-order valence-corrected chi connectivity index (χ1v) is 8.98. The summed E-state index contributed by atoms with van der Waals surface area (Å²) in [4.78, 5) is 14.3. The molecule has 1 fully saturated rings. The smallest absolute Gasteiger partial charge is 0.317 e. The van der Waals surface area contributed by atoms with E-state index in [1.165, 1.54) is 0 Å². The van der Waals surface area contributed by atoms with Crippen LogP contribution in [-0.2, 0) is 0 Å². The van der Waals surface area contributed by atoms with Gasteiger partial charge in [0.15, 0.2) is 0 Å². The van der Waals surface area contributed by atoms with Crippen LogP contribution >= 0.6 is 0 Å². The number of hydrogen-bond donors (Lipinski definition) is 2. The number of likely N-dealkylation sites (tertiary alicyclic amines) is 1. The Hall–Kier alpha value is -2.33. The molecule has 2 amide bonds. The predicted molar refractivity (Wildman–Crippen MR) is 99.1 cm³/mol. The van der Waals surface area contributed by atoms with E-state index < -0.39 is 6.10 Å². The molecule has 1 heterocycles. The highest BCUT2D eigenvalue weighted by atomic mass is 16.3. The van der Waals surface area contributed by atoms with Gasteiger partial charge in [0.2, 0.25) is 0 Å². The van der Waals surface area contributed by atoms with Gasteiger partial charge in [-0.2, -0.15) is 0 Å². The zero-order valence-corrected chi connectivity index (χ0v) is 14.6. The van der Waals surface area contributed by atoms with Crippen molar-refractivity contribution in [1.82, 2.24) is 10.2 Å². The molecule has 2 aromatic carbocycles. The van der Waals surface area contributed by atoms with Crippen LogP contribution in [0.2, 0.25) is 0 Å². The van der Waals surface area contributed by atoms with Crippen molar-refractivity contribution >= 4 is 6.03 Å². The normalized spacial score (nSPS) is 17.8. The van der Waals surface area contributed by atoms with Gasteiger partial charge in [-0.05, 0) is 36.8 Å². The Morgan fingerprint density at radius 2 is 1.52 bits per heavy atom. The Bertz CT molecular complexity index is 667. The van der Waals surface area contributed by atoms with E-state index in [9.17, 15) is 9.90 Å². The molecule has 3 rings (SSSR count). The van der Waals surface area contributed by atoms with E-state index in [4.69, 9.17) is 0 Å². The third kappa shape index (κ3) is 4.40. The summed E-state index contributed by atoms with van der Waals surface area (Å²) in [7, 11) is 0. The van der Waals surface area contributed by atoms with Crippen LogP contribution in [0.25, 0.3) is 0 Å². The number of rotatable bonds is 4. The molecule has 2 unspecified atom stereocenters. The number of urea groups is 1. The van der Waals surface area contributed by atoms with Crippen molar-refractivity contribution < 1.29 is 9.90 Å². The third-order valence-corrected chi connectivity index (χ3v) is 5.05. The largest absolute Gasteiger partial charge is 0.388 e. The minimum absolute atomic E-state index is 0.0127. The molecule has 2 atom stereocenters. The van der Waals surface area contributed by atoms with Crippen molar-refractivity contribution in [1.29, 1.82) is 0 Å². The molecular weight excluding hydrogens is 312 g/mol. The van der Waals surface area contributed by atoms with Crippen molar-refractivity contribution in [2.24, 2.45) is 5.92 Å². The number of piperidine rings is 1.